The van der Waals surface area contributed by atoms with Crippen molar-refractivity contribution >= 4 is 49.7 Å². The highest BCUT2D eigenvalue weighted by Crippen LogP contribution is 2.35. The van der Waals surface area contributed by atoms with E-state index in [1.807, 2.05) is 37.3 Å². The van der Waals surface area contributed by atoms with Crippen LogP contribution in [0.2, 0.25) is 4.34 Å². The van der Waals surface area contributed by atoms with Gasteiger partial charge in [-0.05, 0) is 50.1 Å². The van der Waals surface area contributed by atoms with Crippen LogP contribution < -0.4 is 4.72 Å². The van der Waals surface area contributed by atoms with Crippen molar-refractivity contribution in [3.8, 4) is 0 Å². The van der Waals surface area contributed by atoms with Gasteiger partial charge >= 0.3 is 0 Å². The first kappa shape index (κ1) is 21.8. The molecule has 2 heterocycles. The Bertz CT molecular complexity index is 1370. The Labute approximate surface area is 190 Å². The maximum atomic E-state index is 13.0. The van der Waals surface area contributed by atoms with Gasteiger partial charge in [-0.15, -0.1) is 11.3 Å². The number of hydrogen-bond acceptors (Lipinski definition) is 5. The van der Waals surface area contributed by atoms with Gasteiger partial charge in [-0.3, -0.25) is 9.40 Å². The zero-order valence-electron chi connectivity index (χ0n) is 17.3. The number of thiophene rings is 1. The second-order valence-corrected chi connectivity index (χ2v) is 11.5. The van der Waals surface area contributed by atoms with Gasteiger partial charge in [0.05, 0.1) is 27.4 Å². The molecule has 0 aliphatic heterocycles. The molecular weight excluding hydrogens is 454 g/mol. The SMILES string of the molecule is Cc1cccc(Cn2nc(NS(=O)(=O)c3ccc(Cl)s3)c3c(C(C)(C)O)cccc32)c1. The molecule has 0 amide bonds. The summed E-state index contributed by atoms with van der Waals surface area (Å²) in [5, 5.41) is 15.9. The van der Waals surface area contributed by atoms with Crippen molar-refractivity contribution in [3.63, 3.8) is 0 Å². The smallest absolute Gasteiger partial charge is 0.272 e. The van der Waals surface area contributed by atoms with E-state index in [0.717, 1.165) is 28.0 Å². The highest BCUT2D eigenvalue weighted by atomic mass is 35.5. The summed E-state index contributed by atoms with van der Waals surface area (Å²) in [7, 11) is -3.89. The fourth-order valence-corrected chi connectivity index (χ4v) is 6.03. The number of anilines is 1. The minimum Gasteiger partial charge on any atom is -0.386 e. The van der Waals surface area contributed by atoms with Gasteiger partial charge in [0.25, 0.3) is 10.0 Å². The van der Waals surface area contributed by atoms with Crippen LogP contribution in [0.3, 0.4) is 0 Å². The molecule has 0 bridgehead atoms. The van der Waals surface area contributed by atoms with E-state index in [4.69, 9.17) is 11.6 Å². The standard InChI is InChI=1S/C22H22ClN3O3S2/c1-14-6-4-7-15(12-14)13-26-17-9-5-8-16(22(2,3)27)20(17)21(24-26)25-31(28,29)19-11-10-18(23)30-19/h4-12,27H,13H2,1-3H3,(H,24,25). The van der Waals surface area contributed by atoms with Crippen LogP contribution in [0.5, 0.6) is 0 Å². The van der Waals surface area contributed by atoms with Gasteiger partial charge in [0.15, 0.2) is 5.82 Å². The van der Waals surface area contributed by atoms with Crippen molar-refractivity contribution in [1.29, 1.82) is 0 Å². The minimum absolute atomic E-state index is 0.0969. The van der Waals surface area contributed by atoms with Crippen molar-refractivity contribution in [2.75, 3.05) is 4.72 Å². The Morgan fingerprint density at radius 1 is 1.16 bits per heavy atom. The number of hydrogen-bond donors (Lipinski definition) is 2. The molecule has 0 fully saturated rings. The number of fused-ring (bicyclic) bond motifs is 1. The topological polar surface area (TPSA) is 84.2 Å². The zero-order valence-corrected chi connectivity index (χ0v) is 19.6. The molecule has 0 aliphatic rings. The Kier molecular flexibility index (Phi) is 5.59. The lowest BCUT2D eigenvalue weighted by Gasteiger charge is -2.19. The molecule has 4 aromatic rings. The van der Waals surface area contributed by atoms with Gasteiger partial charge in [0.2, 0.25) is 0 Å². The first-order valence-corrected chi connectivity index (χ1v) is 12.3. The number of halogens is 1. The molecule has 162 valence electrons. The number of rotatable bonds is 6. The van der Waals surface area contributed by atoms with Crippen LogP contribution in [0, 0.1) is 6.92 Å². The van der Waals surface area contributed by atoms with E-state index in [-0.39, 0.29) is 10.0 Å². The molecule has 4 rings (SSSR count). The maximum absolute atomic E-state index is 13.0. The molecule has 0 saturated carbocycles. The molecular formula is C22H22ClN3O3S2. The van der Waals surface area contributed by atoms with Crippen LogP contribution in [-0.4, -0.2) is 23.3 Å². The minimum atomic E-state index is -3.89. The normalized spacial score (nSPS) is 12.4. The number of nitrogens with zero attached hydrogens (tertiary/aromatic N) is 2. The Hall–Kier alpha value is -2.39. The van der Waals surface area contributed by atoms with Crippen molar-refractivity contribution in [2.45, 2.75) is 37.1 Å². The summed E-state index contributed by atoms with van der Waals surface area (Å²) >= 11 is 6.90. The molecule has 0 saturated heterocycles. The van der Waals surface area contributed by atoms with E-state index in [1.54, 1.807) is 24.6 Å². The first-order valence-electron chi connectivity index (χ1n) is 9.61. The van der Waals surface area contributed by atoms with Crippen LogP contribution in [0.1, 0.15) is 30.5 Å². The highest BCUT2D eigenvalue weighted by molar-refractivity contribution is 7.94. The summed E-state index contributed by atoms with van der Waals surface area (Å²) in [5.41, 5.74) is 2.29. The van der Waals surface area contributed by atoms with Gasteiger partial charge in [-0.1, -0.05) is 53.6 Å². The average Bonchev–Trinajstić information content (AvgIpc) is 3.26. The number of sulfonamides is 1. The molecule has 6 nitrogen and oxygen atoms in total. The van der Waals surface area contributed by atoms with Crippen LogP contribution >= 0.6 is 22.9 Å². The second-order valence-electron chi connectivity index (χ2n) is 7.92. The molecule has 0 aliphatic carbocycles. The van der Waals surface area contributed by atoms with Crippen LogP contribution in [-0.2, 0) is 22.2 Å². The third-order valence-electron chi connectivity index (χ3n) is 4.90. The number of nitrogens with one attached hydrogen (secondary N) is 1. The van der Waals surface area contributed by atoms with Crippen LogP contribution in [0.4, 0.5) is 5.82 Å². The van der Waals surface area contributed by atoms with Crippen molar-refractivity contribution in [1.82, 2.24) is 9.78 Å². The number of aliphatic hydroxyl groups is 1. The Morgan fingerprint density at radius 2 is 1.90 bits per heavy atom. The largest absolute Gasteiger partial charge is 0.386 e. The molecule has 2 aromatic heterocycles. The lowest BCUT2D eigenvalue weighted by molar-refractivity contribution is 0.0802. The summed E-state index contributed by atoms with van der Waals surface area (Å²) in [6, 6.07) is 16.5. The van der Waals surface area contributed by atoms with Crippen molar-refractivity contribution < 1.29 is 13.5 Å². The van der Waals surface area contributed by atoms with Crippen molar-refractivity contribution in [3.05, 3.63) is 75.6 Å². The molecule has 0 radical (unpaired) electrons. The Morgan fingerprint density at radius 3 is 2.55 bits per heavy atom. The number of aromatic nitrogens is 2. The maximum Gasteiger partial charge on any atom is 0.272 e. The molecule has 31 heavy (non-hydrogen) atoms. The zero-order chi connectivity index (χ0) is 22.4. The molecule has 2 N–H and O–H groups in total. The van der Waals surface area contributed by atoms with E-state index in [0.29, 0.717) is 21.8 Å². The predicted octanol–water partition coefficient (Wildman–Crippen LogP) is 5.14. The van der Waals surface area contributed by atoms with Gasteiger partial charge < -0.3 is 5.11 Å². The fourth-order valence-electron chi connectivity index (χ4n) is 3.53. The van der Waals surface area contributed by atoms with E-state index in [2.05, 4.69) is 15.9 Å². The number of benzene rings is 2. The summed E-state index contributed by atoms with van der Waals surface area (Å²) in [4.78, 5) is 0. The summed E-state index contributed by atoms with van der Waals surface area (Å²) in [6.07, 6.45) is 0. The van der Waals surface area contributed by atoms with Gasteiger partial charge in [0.1, 0.15) is 4.21 Å². The fraction of sp³-hybridized carbons (Fsp3) is 0.227. The summed E-state index contributed by atoms with van der Waals surface area (Å²) < 4.78 is 30.8. The van der Waals surface area contributed by atoms with Crippen molar-refractivity contribution in [2.24, 2.45) is 0 Å². The van der Waals surface area contributed by atoms with E-state index >= 15 is 0 Å². The molecule has 0 atom stereocenters. The molecule has 2 aromatic carbocycles. The van der Waals surface area contributed by atoms with Gasteiger partial charge in [0, 0.05) is 0 Å². The highest BCUT2D eigenvalue weighted by Gasteiger charge is 2.27. The Balaban J connectivity index is 1.87. The van der Waals surface area contributed by atoms with E-state index < -0.39 is 15.6 Å². The van der Waals surface area contributed by atoms with Crippen LogP contribution in [0.15, 0.2) is 58.8 Å². The molecule has 0 spiro atoms. The first-order chi connectivity index (χ1) is 14.5. The monoisotopic (exact) mass is 475 g/mol. The predicted molar refractivity (Wildman–Crippen MR) is 125 cm³/mol. The average molecular weight is 476 g/mol. The molecule has 9 heteroatoms. The quantitative estimate of drug-likeness (QED) is 0.404. The van der Waals surface area contributed by atoms with Gasteiger partial charge in [-0.2, -0.15) is 5.10 Å². The van der Waals surface area contributed by atoms with Gasteiger partial charge in [-0.25, -0.2) is 8.42 Å². The van der Waals surface area contributed by atoms with E-state index in [1.165, 1.54) is 12.1 Å². The summed E-state index contributed by atoms with van der Waals surface area (Å²) in [5.74, 6) is 0.171. The molecule has 0 unspecified atom stereocenters. The third-order valence-corrected chi connectivity index (χ3v) is 7.96. The third kappa shape index (κ3) is 4.48. The van der Waals surface area contributed by atoms with Crippen LogP contribution in [0.25, 0.3) is 10.9 Å². The summed E-state index contributed by atoms with van der Waals surface area (Å²) in [6.45, 7) is 5.80. The second kappa shape index (κ2) is 7.94. The van der Waals surface area contributed by atoms with E-state index in [9.17, 15) is 13.5 Å². The lowest BCUT2D eigenvalue weighted by Crippen LogP contribution is -2.17. The lowest BCUT2D eigenvalue weighted by atomic mass is 9.95. The number of aryl methyl sites for hydroxylation is 1.